The SMILES string of the molecule is OCc1ccc(CN2CCCC(c3nc4c(s3)CCCC4)C2)o1. The summed E-state index contributed by atoms with van der Waals surface area (Å²) < 4.78 is 5.64. The Morgan fingerprint density at radius 3 is 2.91 bits per heavy atom. The third-order valence-electron chi connectivity index (χ3n) is 4.97. The van der Waals surface area contributed by atoms with Crippen molar-refractivity contribution in [2.75, 3.05) is 13.1 Å². The van der Waals surface area contributed by atoms with E-state index < -0.39 is 0 Å². The lowest BCUT2D eigenvalue weighted by Gasteiger charge is -2.31. The van der Waals surface area contributed by atoms with Crippen LogP contribution in [-0.2, 0) is 26.0 Å². The number of hydrogen-bond donors (Lipinski definition) is 1. The minimum absolute atomic E-state index is 0.0205. The van der Waals surface area contributed by atoms with Crippen molar-refractivity contribution < 1.29 is 9.52 Å². The summed E-state index contributed by atoms with van der Waals surface area (Å²) in [6.45, 7) is 3.01. The van der Waals surface area contributed by atoms with Gasteiger partial charge in [0.1, 0.15) is 18.1 Å². The maximum Gasteiger partial charge on any atom is 0.129 e. The van der Waals surface area contributed by atoms with Gasteiger partial charge in [0.15, 0.2) is 0 Å². The maximum absolute atomic E-state index is 9.11. The molecule has 1 unspecified atom stereocenters. The lowest BCUT2D eigenvalue weighted by Crippen LogP contribution is -2.33. The van der Waals surface area contributed by atoms with Crippen molar-refractivity contribution in [3.05, 3.63) is 39.2 Å². The van der Waals surface area contributed by atoms with Crippen LogP contribution in [0.25, 0.3) is 0 Å². The summed E-state index contributed by atoms with van der Waals surface area (Å²) in [6, 6.07) is 3.85. The number of rotatable bonds is 4. The Bertz CT molecular complexity index is 640. The summed E-state index contributed by atoms with van der Waals surface area (Å²) in [6.07, 6.45) is 7.53. The Labute approximate surface area is 141 Å². The number of aryl methyl sites for hydroxylation is 2. The van der Waals surface area contributed by atoms with Gasteiger partial charge in [0, 0.05) is 17.3 Å². The predicted molar refractivity (Wildman–Crippen MR) is 90.6 cm³/mol. The van der Waals surface area contributed by atoms with Gasteiger partial charge in [-0.1, -0.05) is 0 Å². The molecule has 1 aliphatic carbocycles. The first-order valence-electron chi connectivity index (χ1n) is 8.71. The number of hydrogen-bond acceptors (Lipinski definition) is 5. The number of likely N-dealkylation sites (tertiary alicyclic amines) is 1. The molecule has 1 atom stereocenters. The molecule has 0 saturated carbocycles. The Morgan fingerprint density at radius 1 is 1.22 bits per heavy atom. The zero-order valence-corrected chi connectivity index (χ0v) is 14.3. The molecular weight excluding hydrogens is 308 g/mol. The van der Waals surface area contributed by atoms with E-state index >= 15 is 0 Å². The van der Waals surface area contributed by atoms with E-state index in [4.69, 9.17) is 14.5 Å². The van der Waals surface area contributed by atoms with Crippen LogP contribution in [0.15, 0.2) is 16.5 Å². The molecule has 4 rings (SSSR count). The molecule has 2 aliphatic rings. The van der Waals surface area contributed by atoms with Crippen LogP contribution < -0.4 is 0 Å². The number of aliphatic hydroxyl groups is 1. The number of fused-ring (bicyclic) bond motifs is 1. The van der Waals surface area contributed by atoms with E-state index in [1.807, 2.05) is 23.5 Å². The summed E-state index contributed by atoms with van der Waals surface area (Å²) in [4.78, 5) is 8.98. The first-order chi connectivity index (χ1) is 11.3. The van der Waals surface area contributed by atoms with Crippen molar-refractivity contribution >= 4 is 11.3 Å². The van der Waals surface area contributed by atoms with Gasteiger partial charge in [-0.3, -0.25) is 4.90 Å². The normalized spacial score (nSPS) is 22.2. The third-order valence-corrected chi connectivity index (χ3v) is 6.29. The number of aromatic nitrogens is 1. The fourth-order valence-electron chi connectivity index (χ4n) is 3.76. The second-order valence-corrected chi connectivity index (χ2v) is 7.84. The highest BCUT2D eigenvalue weighted by Gasteiger charge is 2.26. The minimum atomic E-state index is -0.0205. The average Bonchev–Trinajstić information content (AvgIpc) is 3.21. The van der Waals surface area contributed by atoms with Gasteiger partial charge in [-0.15, -0.1) is 11.3 Å². The van der Waals surface area contributed by atoms with E-state index in [2.05, 4.69) is 4.90 Å². The number of piperidine rings is 1. The van der Waals surface area contributed by atoms with Gasteiger partial charge in [0.05, 0.1) is 17.2 Å². The molecule has 1 aliphatic heterocycles. The standard InChI is InChI=1S/C18H24N2O2S/c21-12-15-8-7-14(22-15)11-20-9-3-4-13(10-20)18-19-16-5-1-2-6-17(16)23-18/h7-8,13,21H,1-6,9-12H2. The zero-order chi connectivity index (χ0) is 15.6. The van der Waals surface area contributed by atoms with Crippen LogP contribution in [-0.4, -0.2) is 28.1 Å². The lowest BCUT2D eigenvalue weighted by molar-refractivity contribution is 0.180. The maximum atomic E-state index is 9.11. The topological polar surface area (TPSA) is 49.5 Å². The van der Waals surface area contributed by atoms with Crippen molar-refractivity contribution in [1.29, 1.82) is 0 Å². The summed E-state index contributed by atoms with van der Waals surface area (Å²) in [7, 11) is 0. The molecular formula is C18H24N2O2S. The molecule has 1 fully saturated rings. The molecule has 5 heteroatoms. The van der Waals surface area contributed by atoms with E-state index in [0.717, 1.165) is 25.4 Å². The van der Waals surface area contributed by atoms with Crippen molar-refractivity contribution in [2.45, 2.75) is 57.6 Å². The van der Waals surface area contributed by atoms with Crippen molar-refractivity contribution in [2.24, 2.45) is 0 Å². The van der Waals surface area contributed by atoms with Gasteiger partial charge in [-0.25, -0.2) is 4.98 Å². The van der Waals surface area contributed by atoms with Crippen LogP contribution in [0.2, 0.25) is 0 Å². The largest absolute Gasteiger partial charge is 0.462 e. The molecule has 0 aromatic carbocycles. The quantitative estimate of drug-likeness (QED) is 0.931. The molecule has 3 heterocycles. The fourth-order valence-corrected chi connectivity index (χ4v) is 5.04. The van der Waals surface area contributed by atoms with Crippen LogP contribution >= 0.6 is 11.3 Å². The molecule has 2 aromatic rings. The zero-order valence-electron chi connectivity index (χ0n) is 13.5. The Balaban J connectivity index is 1.43. The molecule has 4 nitrogen and oxygen atoms in total. The van der Waals surface area contributed by atoms with Crippen molar-refractivity contribution in [1.82, 2.24) is 9.88 Å². The highest BCUT2D eigenvalue weighted by molar-refractivity contribution is 7.11. The highest BCUT2D eigenvalue weighted by atomic mass is 32.1. The molecule has 2 aromatic heterocycles. The molecule has 1 saturated heterocycles. The van der Waals surface area contributed by atoms with Gasteiger partial charge >= 0.3 is 0 Å². The Kier molecular flexibility index (Phi) is 4.51. The van der Waals surface area contributed by atoms with E-state index in [0.29, 0.717) is 11.7 Å². The van der Waals surface area contributed by atoms with Crippen molar-refractivity contribution in [3.8, 4) is 0 Å². The molecule has 1 N–H and O–H groups in total. The fraction of sp³-hybridized carbons (Fsp3) is 0.611. The predicted octanol–water partition coefficient (Wildman–Crippen LogP) is 3.49. The second-order valence-electron chi connectivity index (χ2n) is 6.73. The van der Waals surface area contributed by atoms with E-state index in [9.17, 15) is 0 Å². The highest BCUT2D eigenvalue weighted by Crippen LogP contribution is 2.35. The minimum Gasteiger partial charge on any atom is -0.462 e. The van der Waals surface area contributed by atoms with Crippen LogP contribution in [0.1, 0.15) is 58.7 Å². The molecule has 23 heavy (non-hydrogen) atoms. The number of furan rings is 1. The van der Waals surface area contributed by atoms with E-state index in [1.54, 1.807) is 4.88 Å². The van der Waals surface area contributed by atoms with Crippen LogP contribution in [0.4, 0.5) is 0 Å². The lowest BCUT2D eigenvalue weighted by atomic mass is 9.98. The number of aliphatic hydroxyl groups excluding tert-OH is 1. The summed E-state index contributed by atoms with van der Waals surface area (Å²) in [5, 5.41) is 10.5. The van der Waals surface area contributed by atoms with Crippen LogP contribution in [0.5, 0.6) is 0 Å². The van der Waals surface area contributed by atoms with Gasteiger partial charge in [0.25, 0.3) is 0 Å². The average molecular weight is 332 g/mol. The Hall–Kier alpha value is -1.17. The third kappa shape index (κ3) is 3.37. The smallest absolute Gasteiger partial charge is 0.129 e. The molecule has 0 radical (unpaired) electrons. The van der Waals surface area contributed by atoms with Gasteiger partial charge in [0.2, 0.25) is 0 Å². The monoisotopic (exact) mass is 332 g/mol. The number of thiazole rings is 1. The first-order valence-corrected chi connectivity index (χ1v) is 9.53. The van der Waals surface area contributed by atoms with Crippen molar-refractivity contribution in [3.63, 3.8) is 0 Å². The van der Waals surface area contributed by atoms with Crippen LogP contribution in [0.3, 0.4) is 0 Å². The molecule has 0 amide bonds. The van der Waals surface area contributed by atoms with Gasteiger partial charge in [-0.05, 0) is 57.2 Å². The van der Waals surface area contributed by atoms with Gasteiger partial charge < -0.3 is 9.52 Å². The summed E-state index contributed by atoms with van der Waals surface area (Å²) in [5.41, 5.74) is 1.38. The van der Waals surface area contributed by atoms with Crippen LogP contribution in [0, 0.1) is 0 Å². The molecule has 124 valence electrons. The van der Waals surface area contributed by atoms with Gasteiger partial charge in [-0.2, -0.15) is 0 Å². The molecule has 0 bridgehead atoms. The first kappa shape index (κ1) is 15.4. The molecule has 0 spiro atoms. The second kappa shape index (κ2) is 6.75. The number of nitrogens with zero attached hydrogens (tertiary/aromatic N) is 2. The summed E-state index contributed by atoms with van der Waals surface area (Å²) in [5.74, 6) is 2.18. The Morgan fingerprint density at radius 2 is 2.09 bits per heavy atom. The van der Waals surface area contributed by atoms with E-state index in [1.165, 1.54) is 49.2 Å². The van der Waals surface area contributed by atoms with E-state index in [-0.39, 0.29) is 6.61 Å². The summed E-state index contributed by atoms with van der Waals surface area (Å²) >= 11 is 1.96.